The molecule has 0 aliphatic rings. The van der Waals surface area contributed by atoms with Crippen LogP contribution in [0.25, 0.3) is 0 Å². The Morgan fingerprint density at radius 3 is 2.61 bits per heavy atom. The van der Waals surface area contributed by atoms with Gasteiger partial charge in [-0.1, -0.05) is 0 Å². The van der Waals surface area contributed by atoms with E-state index in [1.165, 1.54) is 22.6 Å². The zero-order chi connectivity index (χ0) is 13.8. The number of anilines is 1. The van der Waals surface area contributed by atoms with E-state index in [0.717, 1.165) is 0 Å². The van der Waals surface area contributed by atoms with Crippen LogP contribution in [-0.2, 0) is 10.0 Å². The molecule has 0 saturated carbocycles. The van der Waals surface area contributed by atoms with E-state index in [2.05, 4.69) is 4.98 Å². The molecule has 0 radical (unpaired) electrons. The van der Waals surface area contributed by atoms with Gasteiger partial charge in [0, 0.05) is 25.2 Å². The molecule has 0 aromatic carbocycles. The molecular formula is C11H16N4O2S. The topological polar surface area (TPSA) is 100 Å². The average molecular weight is 268 g/mol. The molecule has 0 atom stereocenters. The maximum atomic E-state index is 12.3. The Morgan fingerprint density at radius 2 is 2.17 bits per heavy atom. The standard InChI is InChI=1S/C11H16N4O2S/c1-9(2)15(7-3-6-12)18(16,17)10-4-5-11(13)14-8-10/h4-5,8-9H,3,7H2,1-2H3,(H2,13,14). The van der Waals surface area contributed by atoms with Crippen molar-refractivity contribution in [2.24, 2.45) is 0 Å². The van der Waals surface area contributed by atoms with Gasteiger partial charge in [-0.15, -0.1) is 0 Å². The van der Waals surface area contributed by atoms with Crippen molar-refractivity contribution in [1.82, 2.24) is 9.29 Å². The third-order valence-corrected chi connectivity index (χ3v) is 4.44. The Bertz CT molecular complexity index is 531. The van der Waals surface area contributed by atoms with Gasteiger partial charge >= 0.3 is 0 Å². The van der Waals surface area contributed by atoms with Crippen molar-refractivity contribution < 1.29 is 8.42 Å². The number of nitriles is 1. The normalized spacial score (nSPS) is 11.7. The number of nitrogen functional groups attached to an aromatic ring is 1. The first-order valence-electron chi connectivity index (χ1n) is 5.50. The second-order valence-corrected chi connectivity index (χ2v) is 5.93. The zero-order valence-electron chi connectivity index (χ0n) is 10.4. The van der Waals surface area contributed by atoms with Crippen LogP contribution in [0.2, 0.25) is 0 Å². The lowest BCUT2D eigenvalue weighted by Crippen LogP contribution is -2.37. The molecular weight excluding hydrogens is 252 g/mol. The van der Waals surface area contributed by atoms with E-state index in [9.17, 15) is 8.42 Å². The molecule has 0 fully saturated rings. The highest BCUT2D eigenvalue weighted by Gasteiger charge is 2.26. The number of sulfonamides is 1. The number of hydrogen-bond acceptors (Lipinski definition) is 5. The van der Waals surface area contributed by atoms with E-state index in [0.29, 0.717) is 0 Å². The minimum absolute atomic E-state index is 0.0864. The minimum Gasteiger partial charge on any atom is -0.384 e. The molecule has 1 rings (SSSR count). The number of pyridine rings is 1. The van der Waals surface area contributed by atoms with Gasteiger partial charge in [0.05, 0.1) is 6.07 Å². The number of aromatic nitrogens is 1. The predicted octanol–water partition coefficient (Wildman–Crippen LogP) is 0.977. The number of nitrogens with zero attached hydrogens (tertiary/aromatic N) is 3. The molecule has 0 aliphatic heterocycles. The SMILES string of the molecule is CC(C)N(CCC#N)S(=O)(=O)c1ccc(N)nc1. The molecule has 1 aromatic rings. The fourth-order valence-electron chi connectivity index (χ4n) is 1.50. The van der Waals surface area contributed by atoms with Gasteiger partial charge in [0.25, 0.3) is 0 Å². The van der Waals surface area contributed by atoms with Gasteiger partial charge in [-0.25, -0.2) is 13.4 Å². The van der Waals surface area contributed by atoms with Gasteiger partial charge in [-0.2, -0.15) is 9.57 Å². The van der Waals surface area contributed by atoms with Crippen LogP contribution in [-0.4, -0.2) is 30.3 Å². The fourth-order valence-corrected chi connectivity index (χ4v) is 3.08. The molecule has 0 amide bonds. The first kappa shape index (κ1) is 14.4. The summed E-state index contributed by atoms with van der Waals surface area (Å²) >= 11 is 0. The van der Waals surface area contributed by atoms with E-state index in [1.54, 1.807) is 13.8 Å². The Hall–Kier alpha value is -1.65. The second kappa shape index (κ2) is 5.80. The van der Waals surface area contributed by atoms with E-state index in [-0.39, 0.29) is 29.7 Å². The largest absolute Gasteiger partial charge is 0.384 e. The van der Waals surface area contributed by atoms with Gasteiger partial charge in [0.1, 0.15) is 10.7 Å². The fraction of sp³-hybridized carbons (Fsp3) is 0.455. The molecule has 0 aliphatic carbocycles. The van der Waals surface area contributed by atoms with Crippen molar-refractivity contribution in [3.8, 4) is 6.07 Å². The van der Waals surface area contributed by atoms with Crippen LogP contribution in [0.4, 0.5) is 5.82 Å². The maximum Gasteiger partial charge on any atom is 0.244 e. The Kier molecular flexibility index (Phi) is 4.64. The van der Waals surface area contributed by atoms with E-state index >= 15 is 0 Å². The smallest absolute Gasteiger partial charge is 0.244 e. The van der Waals surface area contributed by atoms with Gasteiger partial charge in [0.15, 0.2) is 0 Å². The molecule has 0 bridgehead atoms. The lowest BCUT2D eigenvalue weighted by molar-refractivity contribution is 0.360. The average Bonchev–Trinajstić information content (AvgIpc) is 2.29. The highest BCUT2D eigenvalue weighted by Crippen LogP contribution is 2.18. The van der Waals surface area contributed by atoms with Gasteiger partial charge in [-0.3, -0.25) is 0 Å². The van der Waals surface area contributed by atoms with Gasteiger partial charge in [0.2, 0.25) is 10.0 Å². The van der Waals surface area contributed by atoms with Gasteiger partial charge in [-0.05, 0) is 26.0 Å². The zero-order valence-corrected chi connectivity index (χ0v) is 11.2. The van der Waals surface area contributed by atoms with E-state index in [4.69, 9.17) is 11.0 Å². The van der Waals surface area contributed by atoms with Crippen LogP contribution in [0.1, 0.15) is 20.3 Å². The third-order valence-electron chi connectivity index (χ3n) is 2.39. The summed E-state index contributed by atoms with van der Waals surface area (Å²) in [6.45, 7) is 3.69. The number of hydrogen-bond donors (Lipinski definition) is 1. The summed E-state index contributed by atoms with van der Waals surface area (Å²) in [7, 11) is -3.63. The highest BCUT2D eigenvalue weighted by atomic mass is 32.2. The second-order valence-electron chi connectivity index (χ2n) is 4.04. The highest BCUT2D eigenvalue weighted by molar-refractivity contribution is 7.89. The summed E-state index contributed by atoms with van der Waals surface area (Å²) in [5, 5.41) is 8.57. The number of rotatable bonds is 5. The summed E-state index contributed by atoms with van der Waals surface area (Å²) in [5.74, 6) is 0.266. The maximum absolute atomic E-state index is 12.3. The van der Waals surface area contributed by atoms with Crippen LogP contribution in [0.15, 0.2) is 23.2 Å². The molecule has 7 heteroatoms. The van der Waals surface area contributed by atoms with Crippen molar-refractivity contribution in [3.05, 3.63) is 18.3 Å². The molecule has 6 nitrogen and oxygen atoms in total. The predicted molar refractivity (Wildman–Crippen MR) is 67.9 cm³/mol. The van der Waals surface area contributed by atoms with Crippen molar-refractivity contribution in [2.45, 2.75) is 31.2 Å². The van der Waals surface area contributed by atoms with Crippen molar-refractivity contribution in [1.29, 1.82) is 5.26 Å². The van der Waals surface area contributed by atoms with Crippen molar-refractivity contribution >= 4 is 15.8 Å². The molecule has 0 saturated heterocycles. The van der Waals surface area contributed by atoms with Crippen molar-refractivity contribution in [3.63, 3.8) is 0 Å². The summed E-state index contributed by atoms with van der Waals surface area (Å²) in [4.78, 5) is 3.86. The van der Waals surface area contributed by atoms with E-state index in [1.807, 2.05) is 6.07 Å². The summed E-state index contributed by atoms with van der Waals surface area (Å²) in [5.41, 5.74) is 5.42. The lowest BCUT2D eigenvalue weighted by atomic mass is 10.3. The van der Waals surface area contributed by atoms with Crippen LogP contribution >= 0.6 is 0 Å². The molecule has 1 aromatic heterocycles. The minimum atomic E-state index is -3.63. The van der Waals surface area contributed by atoms with Gasteiger partial charge < -0.3 is 5.73 Å². The quantitative estimate of drug-likeness (QED) is 0.857. The Morgan fingerprint density at radius 1 is 1.50 bits per heavy atom. The van der Waals surface area contributed by atoms with Crippen molar-refractivity contribution in [2.75, 3.05) is 12.3 Å². The number of nitrogens with two attached hydrogens (primary N) is 1. The summed E-state index contributed by atoms with van der Waals surface area (Å²) in [6, 6.07) is 4.58. The van der Waals surface area contributed by atoms with Crippen LogP contribution < -0.4 is 5.73 Å². The first-order valence-corrected chi connectivity index (χ1v) is 6.94. The molecule has 2 N–H and O–H groups in total. The van der Waals surface area contributed by atoms with E-state index < -0.39 is 10.0 Å². The lowest BCUT2D eigenvalue weighted by Gasteiger charge is -2.24. The third kappa shape index (κ3) is 3.18. The molecule has 18 heavy (non-hydrogen) atoms. The van der Waals surface area contributed by atoms with Crippen LogP contribution in [0, 0.1) is 11.3 Å². The summed E-state index contributed by atoms with van der Waals surface area (Å²) < 4.78 is 25.9. The molecule has 0 spiro atoms. The summed E-state index contributed by atoms with van der Waals surface area (Å²) in [6.07, 6.45) is 1.38. The monoisotopic (exact) mass is 268 g/mol. The molecule has 0 unspecified atom stereocenters. The Labute approximate surface area is 107 Å². The molecule has 1 heterocycles. The van der Waals surface area contributed by atoms with Crippen LogP contribution in [0.5, 0.6) is 0 Å². The first-order chi connectivity index (χ1) is 8.39. The van der Waals surface area contributed by atoms with Crippen LogP contribution in [0.3, 0.4) is 0 Å². The Balaban J connectivity index is 3.09. The molecule has 98 valence electrons.